The second-order valence-electron chi connectivity index (χ2n) is 30.2. The fourth-order valence-corrected chi connectivity index (χ4v) is 18.4. The molecule has 11 heteroatoms. The fourth-order valence-electron chi connectivity index (χ4n) is 15.0. The molecule has 0 aliphatic carbocycles. The van der Waals surface area contributed by atoms with Crippen LogP contribution in [-0.2, 0) is 9.31 Å². The molecule has 2 N–H and O–H groups in total. The molecular formula is C109H87B2Br5O4. The standard InChI is InChI=1S/C36H24.C24H23BO2.2C18H13Br.C6H7BO2.C6H3Br3.CH4/c1-3-11-25(12-4-1)28-21-29(26-13-5-2-6-14-26)23-30(22-28)27-19-20-35-33-17-8-7-15-31(33)32-16-9-10-18-34(32)36(35)24-27;1-23(2)24(3,4)27-25(26-23)16-13-14-21-19-11-6-5-9-17(19)18-10-7-8-12-20(18)22(21)15-16;2*19-18-12-16(14-7-3-1-4-8-14)11-17(13-18)15-9-5-2-6-10-15;8-7(9)6-4-2-1-3-5-6;7-4-1-5(8)3-6(9)2-4;/h1-24H;5-15H,1-4H3;2*1-13H;1-5,8-9H;1-3H;1H4. The van der Waals surface area contributed by atoms with Crippen LogP contribution in [-0.4, -0.2) is 35.5 Å². The van der Waals surface area contributed by atoms with E-state index in [2.05, 4.69) is 453 Å². The molecule has 20 rings (SSSR count). The molecule has 0 aromatic heterocycles. The molecule has 19 aromatic carbocycles. The number of rotatable bonds is 9. The summed E-state index contributed by atoms with van der Waals surface area (Å²) >= 11 is 17.3. The van der Waals surface area contributed by atoms with Gasteiger partial charge in [-0.25, -0.2) is 0 Å². The summed E-state index contributed by atoms with van der Waals surface area (Å²) in [5.41, 5.74) is 18.2. The van der Waals surface area contributed by atoms with Gasteiger partial charge in [-0.1, -0.05) is 427 Å². The summed E-state index contributed by atoms with van der Waals surface area (Å²) in [6.45, 7) is 8.38. The van der Waals surface area contributed by atoms with E-state index in [0.29, 0.717) is 5.46 Å². The van der Waals surface area contributed by atoms with Gasteiger partial charge >= 0.3 is 14.2 Å². The van der Waals surface area contributed by atoms with Gasteiger partial charge in [0.05, 0.1) is 11.2 Å². The Balaban J connectivity index is 0.000000125. The largest absolute Gasteiger partial charge is 0.494 e. The van der Waals surface area contributed by atoms with Gasteiger partial charge in [-0.05, 0) is 260 Å². The first kappa shape index (κ1) is 85.5. The molecule has 19 aromatic rings. The zero-order chi connectivity index (χ0) is 82.4. The zero-order valence-corrected chi connectivity index (χ0v) is 74.0. The first-order valence-corrected chi connectivity index (χ1v) is 43.5. The molecule has 1 aliphatic rings. The van der Waals surface area contributed by atoms with Crippen LogP contribution in [0.5, 0.6) is 0 Å². The van der Waals surface area contributed by atoms with Crippen LogP contribution in [0.3, 0.4) is 0 Å². The number of benzene rings is 19. The Hall–Kier alpha value is -10.9. The SMILES string of the molecule is Brc1cc(-c2ccccc2)cc(-c2ccccc2)c1.Brc1cc(-c2ccccc2)cc(-c2ccccc2)c1.Brc1cc(Br)cc(Br)c1.C.CC1(C)OB(c2ccc3c4ccccc4c4ccccc4c3c2)OC1(C)C.OB(O)c1ccccc1.c1ccc(-c2cc(-c3ccccc3)cc(-c3ccc4c5ccccc5c5ccccc5c4c3)c2)cc1. The van der Waals surface area contributed by atoms with Crippen molar-refractivity contribution in [1.82, 2.24) is 0 Å². The van der Waals surface area contributed by atoms with E-state index in [1.165, 1.54) is 143 Å². The molecule has 0 saturated carbocycles. The van der Waals surface area contributed by atoms with Crippen LogP contribution in [0, 0.1) is 0 Å². The quantitative estimate of drug-likeness (QED) is 0.112. The van der Waals surface area contributed by atoms with Crippen LogP contribution < -0.4 is 10.9 Å². The van der Waals surface area contributed by atoms with Crippen molar-refractivity contribution in [3.8, 4) is 77.9 Å². The van der Waals surface area contributed by atoms with E-state index in [9.17, 15) is 0 Å². The Bertz CT molecular complexity index is 6270. The van der Waals surface area contributed by atoms with E-state index in [0.717, 1.165) is 27.8 Å². The van der Waals surface area contributed by atoms with Crippen LogP contribution >= 0.6 is 79.6 Å². The van der Waals surface area contributed by atoms with Crippen molar-refractivity contribution in [3.63, 3.8) is 0 Å². The van der Waals surface area contributed by atoms with E-state index in [1.807, 2.05) is 48.5 Å². The Labute approximate surface area is 747 Å². The first-order valence-electron chi connectivity index (χ1n) is 39.5. The molecule has 0 radical (unpaired) electrons. The second-order valence-corrected chi connectivity index (χ2v) is 34.7. The van der Waals surface area contributed by atoms with Gasteiger partial charge in [-0.3, -0.25) is 0 Å². The van der Waals surface area contributed by atoms with Crippen molar-refractivity contribution in [2.24, 2.45) is 0 Å². The molecule has 0 spiro atoms. The summed E-state index contributed by atoms with van der Waals surface area (Å²) < 4.78 is 18.0. The molecule has 0 atom stereocenters. The monoisotopic (exact) mass is 1880 g/mol. The van der Waals surface area contributed by atoms with Crippen LogP contribution in [0.1, 0.15) is 35.1 Å². The van der Waals surface area contributed by atoms with Crippen LogP contribution in [0.4, 0.5) is 0 Å². The maximum Gasteiger partial charge on any atom is 0.494 e. The summed E-state index contributed by atoms with van der Waals surface area (Å²) in [5.74, 6) is 0. The highest BCUT2D eigenvalue weighted by atomic mass is 79.9. The molecule has 588 valence electrons. The summed E-state index contributed by atoms with van der Waals surface area (Å²) in [4.78, 5) is 0. The van der Waals surface area contributed by atoms with Crippen molar-refractivity contribution in [1.29, 1.82) is 0 Å². The molecule has 1 fully saturated rings. The van der Waals surface area contributed by atoms with E-state index in [1.54, 1.807) is 24.3 Å². The topological polar surface area (TPSA) is 58.9 Å². The van der Waals surface area contributed by atoms with Gasteiger partial charge in [0.15, 0.2) is 0 Å². The molecule has 1 saturated heterocycles. The minimum absolute atomic E-state index is 0. The molecule has 0 unspecified atom stereocenters. The van der Waals surface area contributed by atoms with Crippen molar-refractivity contribution in [2.75, 3.05) is 0 Å². The molecule has 1 aliphatic heterocycles. The Morgan fingerprint density at radius 1 is 0.208 bits per heavy atom. The third kappa shape index (κ3) is 20.6. The van der Waals surface area contributed by atoms with Crippen molar-refractivity contribution >= 4 is 169 Å². The Morgan fingerprint density at radius 2 is 0.417 bits per heavy atom. The zero-order valence-electron chi connectivity index (χ0n) is 66.1. The van der Waals surface area contributed by atoms with Crippen molar-refractivity contribution < 1.29 is 19.4 Å². The van der Waals surface area contributed by atoms with Crippen molar-refractivity contribution in [3.05, 3.63) is 441 Å². The summed E-state index contributed by atoms with van der Waals surface area (Å²) in [6.07, 6.45) is 0. The normalized spacial score (nSPS) is 12.3. The van der Waals surface area contributed by atoms with E-state index < -0.39 is 7.12 Å². The molecule has 0 amide bonds. The van der Waals surface area contributed by atoms with Gasteiger partial charge in [-0.15, -0.1) is 0 Å². The first-order chi connectivity index (χ1) is 57.9. The number of hydrogen-bond acceptors (Lipinski definition) is 4. The molecule has 120 heavy (non-hydrogen) atoms. The summed E-state index contributed by atoms with van der Waals surface area (Å²) in [6, 6.07) is 146. The van der Waals surface area contributed by atoms with Gasteiger partial charge in [0.2, 0.25) is 0 Å². The third-order valence-electron chi connectivity index (χ3n) is 21.7. The third-order valence-corrected chi connectivity index (χ3v) is 24.0. The smallest absolute Gasteiger partial charge is 0.423 e. The Kier molecular flexibility index (Phi) is 28.2. The van der Waals surface area contributed by atoms with E-state index >= 15 is 0 Å². The Morgan fingerprint density at radius 3 is 0.683 bits per heavy atom. The lowest BCUT2D eigenvalue weighted by Gasteiger charge is -2.32. The van der Waals surface area contributed by atoms with Crippen molar-refractivity contribution in [2.45, 2.75) is 46.3 Å². The highest BCUT2D eigenvalue weighted by Gasteiger charge is 2.51. The van der Waals surface area contributed by atoms with Gasteiger partial charge < -0.3 is 19.4 Å². The minimum Gasteiger partial charge on any atom is -0.423 e. The number of halogens is 5. The minimum atomic E-state index is -1.34. The van der Waals surface area contributed by atoms with Gasteiger partial charge in [0, 0.05) is 22.4 Å². The summed E-state index contributed by atoms with van der Waals surface area (Å²) in [7, 11) is -1.68. The van der Waals surface area contributed by atoms with Crippen LogP contribution in [0.25, 0.3) is 143 Å². The lowest BCUT2D eigenvalue weighted by molar-refractivity contribution is 0.00578. The highest BCUT2D eigenvalue weighted by molar-refractivity contribution is 9.11. The summed E-state index contributed by atoms with van der Waals surface area (Å²) in [5, 5.41) is 32.6. The second kappa shape index (κ2) is 39.5. The maximum atomic E-state index is 8.58. The average molecular weight is 1880 g/mol. The van der Waals surface area contributed by atoms with Gasteiger partial charge in [-0.2, -0.15) is 0 Å². The van der Waals surface area contributed by atoms with E-state index in [-0.39, 0.29) is 25.7 Å². The lowest BCUT2D eigenvalue weighted by Crippen LogP contribution is -2.41. The number of fused-ring (bicyclic) bond motifs is 12. The predicted molar refractivity (Wildman–Crippen MR) is 533 cm³/mol. The van der Waals surface area contributed by atoms with Gasteiger partial charge in [0.25, 0.3) is 0 Å². The predicted octanol–water partition coefficient (Wildman–Crippen LogP) is 31.1. The van der Waals surface area contributed by atoms with Crippen LogP contribution in [0.15, 0.2) is 441 Å². The number of hydrogen-bond donors (Lipinski definition) is 2. The fraction of sp³-hybridized carbons (Fsp3) is 0.0642. The molecule has 0 bridgehead atoms. The molecule has 4 nitrogen and oxygen atoms in total. The molecular weight excluding hydrogens is 1790 g/mol. The highest BCUT2D eigenvalue weighted by Crippen LogP contribution is 2.42. The van der Waals surface area contributed by atoms with Crippen LogP contribution in [0.2, 0.25) is 0 Å². The maximum absolute atomic E-state index is 8.58. The van der Waals surface area contributed by atoms with Gasteiger partial charge in [0.1, 0.15) is 0 Å². The van der Waals surface area contributed by atoms with E-state index in [4.69, 9.17) is 19.4 Å². The molecule has 1 heterocycles. The lowest BCUT2D eigenvalue weighted by atomic mass is 9.77. The average Bonchev–Trinajstić information content (AvgIpc) is 1.11.